The lowest BCUT2D eigenvalue weighted by molar-refractivity contribution is 0.0495. The van der Waals surface area contributed by atoms with E-state index in [0.29, 0.717) is 30.1 Å². The largest absolute Gasteiger partial charge is 0.507 e. The first-order chi connectivity index (χ1) is 16.2. The number of ether oxygens (including phenoxy) is 2. The number of phenols is 1. The summed E-state index contributed by atoms with van der Waals surface area (Å²) in [6.45, 7) is 4.07. The SMILES string of the molecule is CCCCOc1ccc([C@H]2c3c(-c4ccccc4O)n[nH]c3C(=O)N2C[C@H]2CCCO2)cc1. The monoisotopic (exact) mass is 447 g/mol. The van der Waals surface area contributed by atoms with Crippen LogP contribution in [0.25, 0.3) is 11.3 Å². The fourth-order valence-corrected chi connectivity index (χ4v) is 4.70. The Hall–Kier alpha value is -3.32. The number of unbranched alkanes of at least 4 members (excludes halogenated alkanes) is 1. The van der Waals surface area contributed by atoms with Crippen LogP contribution in [0, 0.1) is 0 Å². The standard InChI is InChI=1S/C26H29N3O4/c1-2-3-14-32-18-12-10-17(11-13-18)25-22-23(20-8-4-5-9-21(20)30)27-28-24(22)26(31)29(25)16-19-7-6-15-33-19/h4-5,8-13,19,25,30H,2-3,6-7,14-16H2,1H3,(H,27,28)/t19-,25+/m1/s1. The highest BCUT2D eigenvalue weighted by Crippen LogP contribution is 2.45. The summed E-state index contributed by atoms with van der Waals surface area (Å²) in [6.07, 6.45) is 4.07. The zero-order valence-corrected chi connectivity index (χ0v) is 18.8. The lowest BCUT2D eigenvalue weighted by Crippen LogP contribution is -2.36. The van der Waals surface area contributed by atoms with Gasteiger partial charge in [-0.2, -0.15) is 5.10 Å². The number of carbonyl (C=O) groups excluding carboxylic acids is 1. The van der Waals surface area contributed by atoms with E-state index in [1.807, 2.05) is 41.3 Å². The van der Waals surface area contributed by atoms with Gasteiger partial charge in [-0.3, -0.25) is 9.89 Å². The number of hydrogen-bond acceptors (Lipinski definition) is 5. The molecule has 7 heteroatoms. The summed E-state index contributed by atoms with van der Waals surface area (Å²) >= 11 is 0. The van der Waals surface area contributed by atoms with Crippen molar-refractivity contribution in [2.24, 2.45) is 0 Å². The third-order valence-electron chi connectivity index (χ3n) is 6.41. The van der Waals surface area contributed by atoms with E-state index in [9.17, 15) is 9.90 Å². The van der Waals surface area contributed by atoms with Crippen LogP contribution in [0.3, 0.4) is 0 Å². The number of hydrogen-bond donors (Lipinski definition) is 2. The van der Waals surface area contributed by atoms with Crippen LogP contribution >= 0.6 is 0 Å². The van der Waals surface area contributed by atoms with Gasteiger partial charge in [0.15, 0.2) is 0 Å². The van der Waals surface area contributed by atoms with Crippen LogP contribution < -0.4 is 4.74 Å². The second-order valence-corrected chi connectivity index (χ2v) is 8.64. The number of rotatable bonds is 8. The van der Waals surface area contributed by atoms with E-state index in [4.69, 9.17) is 9.47 Å². The Kier molecular flexibility index (Phi) is 6.05. The van der Waals surface area contributed by atoms with Gasteiger partial charge in [0.05, 0.1) is 18.8 Å². The fraction of sp³-hybridized carbons (Fsp3) is 0.385. The normalized spacial score (nSPS) is 19.8. The Morgan fingerprint density at radius 1 is 1.21 bits per heavy atom. The molecule has 1 aromatic heterocycles. The van der Waals surface area contributed by atoms with E-state index in [-0.39, 0.29) is 23.8 Å². The molecule has 0 unspecified atom stereocenters. The van der Waals surface area contributed by atoms with E-state index in [2.05, 4.69) is 17.1 Å². The van der Waals surface area contributed by atoms with Gasteiger partial charge in [0.25, 0.3) is 5.91 Å². The fourth-order valence-electron chi connectivity index (χ4n) is 4.70. The van der Waals surface area contributed by atoms with E-state index in [1.165, 1.54) is 0 Å². The van der Waals surface area contributed by atoms with Gasteiger partial charge < -0.3 is 19.5 Å². The number of carbonyl (C=O) groups is 1. The smallest absolute Gasteiger partial charge is 0.273 e. The number of amides is 1. The number of aromatic amines is 1. The van der Waals surface area contributed by atoms with Crippen molar-refractivity contribution < 1.29 is 19.4 Å². The average Bonchev–Trinajstić information content (AvgIpc) is 3.55. The van der Waals surface area contributed by atoms with Gasteiger partial charge in [0.1, 0.15) is 22.9 Å². The van der Waals surface area contributed by atoms with Crippen LogP contribution in [0.2, 0.25) is 0 Å². The second kappa shape index (κ2) is 9.27. The Bertz CT molecular complexity index is 1120. The van der Waals surface area contributed by atoms with Crippen LogP contribution in [-0.4, -0.2) is 52.0 Å². The van der Waals surface area contributed by atoms with Gasteiger partial charge in [-0.1, -0.05) is 37.6 Å². The van der Waals surface area contributed by atoms with Crippen LogP contribution in [0.5, 0.6) is 11.5 Å². The molecule has 3 aromatic rings. The van der Waals surface area contributed by atoms with Crippen molar-refractivity contribution in [3.05, 3.63) is 65.4 Å². The molecule has 0 bridgehead atoms. The number of aromatic nitrogens is 2. The first kappa shape index (κ1) is 21.5. The first-order valence-corrected chi connectivity index (χ1v) is 11.7. The Balaban J connectivity index is 1.53. The Morgan fingerprint density at radius 2 is 2.03 bits per heavy atom. The molecule has 1 saturated heterocycles. The minimum atomic E-state index is -0.324. The van der Waals surface area contributed by atoms with Crippen LogP contribution in [0.15, 0.2) is 48.5 Å². The third kappa shape index (κ3) is 4.09. The summed E-state index contributed by atoms with van der Waals surface area (Å²) < 4.78 is 11.7. The van der Waals surface area contributed by atoms with E-state index in [0.717, 1.165) is 49.2 Å². The molecule has 0 radical (unpaired) electrons. The summed E-state index contributed by atoms with van der Waals surface area (Å²) in [7, 11) is 0. The molecule has 1 fully saturated rings. The lowest BCUT2D eigenvalue weighted by atomic mass is 9.95. The first-order valence-electron chi connectivity index (χ1n) is 11.7. The lowest BCUT2D eigenvalue weighted by Gasteiger charge is -2.28. The van der Waals surface area contributed by atoms with Crippen molar-refractivity contribution in [2.75, 3.05) is 19.8 Å². The van der Waals surface area contributed by atoms with Crippen LogP contribution in [-0.2, 0) is 4.74 Å². The minimum Gasteiger partial charge on any atom is -0.507 e. The third-order valence-corrected chi connectivity index (χ3v) is 6.41. The topological polar surface area (TPSA) is 87.7 Å². The highest BCUT2D eigenvalue weighted by molar-refractivity contribution is 6.00. The molecule has 5 rings (SSSR count). The van der Waals surface area contributed by atoms with Crippen molar-refractivity contribution >= 4 is 5.91 Å². The summed E-state index contributed by atoms with van der Waals surface area (Å²) in [5.41, 5.74) is 3.44. The highest BCUT2D eigenvalue weighted by atomic mass is 16.5. The van der Waals surface area contributed by atoms with Crippen LogP contribution in [0.1, 0.15) is 60.3 Å². The van der Waals surface area contributed by atoms with Gasteiger partial charge in [-0.05, 0) is 49.1 Å². The Morgan fingerprint density at radius 3 is 2.76 bits per heavy atom. The maximum Gasteiger partial charge on any atom is 0.273 e. The van der Waals surface area contributed by atoms with Crippen molar-refractivity contribution in [3.8, 4) is 22.8 Å². The number of phenolic OH excluding ortho intramolecular Hbond substituents is 1. The predicted octanol–water partition coefficient (Wildman–Crippen LogP) is 4.69. The summed E-state index contributed by atoms with van der Waals surface area (Å²) in [4.78, 5) is 15.3. The summed E-state index contributed by atoms with van der Waals surface area (Å²) in [5, 5.41) is 17.9. The maximum absolute atomic E-state index is 13.5. The summed E-state index contributed by atoms with van der Waals surface area (Å²) in [5.74, 6) is 0.855. The molecule has 0 saturated carbocycles. The van der Waals surface area contributed by atoms with E-state index in [1.54, 1.807) is 12.1 Å². The number of H-pyrrole nitrogens is 1. The molecule has 2 N–H and O–H groups in total. The van der Waals surface area contributed by atoms with Crippen molar-refractivity contribution in [1.82, 2.24) is 15.1 Å². The molecule has 172 valence electrons. The van der Waals surface area contributed by atoms with Crippen molar-refractivity contribution in [3.63, 3.8) is 0 Å². The van der Waals surface area contributed by atoms with Gasteiger partial charge in [0.2, 0.25) is 0 Å². The maximum atomic E-state index is 13.5. The zero-order valence-electron chi connectivity index (χ0n) is 18.8. The average molecular weight is 448 g/mol. The quantitative estimate of drug-likeness (QED) is 0.490. The molecular formula is C26H29N3O4. The molecule has 2 aliphatic rings. The molecule has 0 spiro atoms. The molecule has 2 aromatic carbocycles. The van der Waals surface area contributed by atoms with Gasteiger partial charge in [-0.15, -0.1) is 0 Å². The molecule has 33 heavy (non-hydrogen) atoms. The van der Waals surface area contributed by atoms with Crippen molar-refractivity contribution in [1.29, 1.82) is 0 Å². The Labute approximate surface area is 193 Å². The number of para-hydroxylation sites is 1. The summed E-state index contributed by atoms with van der Waals surface area (Å²) in [6, 6.07) is 14.7. The molecule has 3 heterocycles. The highest BCUT2D eigenvalue weighted by Gasteiger charge is 2.43. The van der Waals surface area contributed by atoms with Gasteiger partial charge in [0, 0.05) is 24.3 Å². The molecule has 1 amide bonds. The second-order valence-electron chi connectivity index (χ2n) is 8.64. The molecular weight excluding hydrogens is 418 g/mol. The number of nitrogens with zero attached hydrogens (tertiary/aromatic N) is 2. The van der Waals surface area contributed by atoms with Gasteiger partial charge in [-0.25, -0.2) is 0 Å². The molecule has 2 atom stereocenters. The molecule has 7 nitrogen and oxygen atoms in total. The number of aromatic hydroxyl groups is 1. The van der Waals surface area contributed by atoms with Crippen molar-refractivity contribution in [2.45, 2.75) is 44.8 Å². The molecule has 2 aliphatic heterocycles. The van der Waals surface area contributed by atoms with E-state index >= 15 is 0 Å². The predicted molar refractivity (Wildman–Crippen MR) is 124 cm³/mol. The number of fused-ring (bicyclic) bond motifs is 1. The zero-order chi connectivity index (χ0) is 22.8. The number of benzene rings is 2. The minimum absolute atomic E-state index is 0.0265. The molecule has 0 aliphatic carbocycles. The van der Waals surface area contributed by atoms with E-state index < -0.39 is 0 Å². The van der Waals surface area contributed by atoms with Gasteiger partial charge >= 0.3 is 0 Å². The number of nitrogens with one attached hydrogen (secondary N) is 1. The van der Waals surface area contributed by atoms with Crippen LogP contribution in [0.4, 0.5) is 0 Å².